The molecular formula is C15H14N2O3S. The third-order valence-electron chi connectivity index (χ3n) is 3.52. The maximum absolute atomic E-state index is 9.14. The lowest BCUT2D eigenvalue weighted by Crippen LogP contribution is -2.02. The second kappa shape index (κ2) is 5.05. The molecule has 1 aromatic carbocycles. The summed E-state index contributed by atoms with van der Waals surface area (Å²) in [4.78, 5) is 5.86. The highest BCUT2D eigenvalue weighted by Crippen LogP contribution is 2.38. The molecule has 1 aliphatic heterocycles. The van der Waals surface area contributed by atoms with E-state index in [4.69, 9.17) is 19.6 Å². The predicted octanol–water partition coefficient (Wildman–Crippen LogP) is 2.88. The summed E-state index contributed by atoms with van der Waals surface area (Å²) in [6.07, 6.45) is 0.693. The number of aryl methyl sites for hydroxylation is 1. The number of imidazole rings is 1. The van der Waals surface area contributed by atoms with Crippen molar-refractivity contribution in [1.82, 2.24) is 9.55 Å². The number of hydrogen-bond donors (Lipinski definition) is 1. The first-order chi connectivity index (χ1) is 10.4. The van der Waals surface area contributed by atoms with Gasteiger partial charge in [0.1, 0.15) is 0 Å². The van der Waals surface area contributed by atoms with Crippen LogP contribution < -0.4 is 9.47 Å². The summed E-state index contributed by atoms with van der Waals surface area (Å²) in [5.74, 6) is 2.43. The molecule has 4 rings (SSSR count). The Morgan fingerprint density at radius 2 is 2.14 bits per heavy atom. The fourth-order valence-corrected chi connectivity index (χ4v) is 3.29. The van der Waals surface area contributed by atoms with Crippen molar-refractivity contribution in [3.8, 4) is 22.2 Å². The molecule has 0 atom stereocenters. The number of benzene rings is 1. The summed E-state index contributed by atoms with van der Waals surface area (Å²) in [7, 11) is 0. The molecule has 21 heavy (non-hydrogen) atoms. The molecule has 0 bridgehead atoms. The number of thiophene rings is 1. The van der Waals surface area contributed by atoms with Crippen LogP contribution >= 0.6 is 11.3 Å². The molecule has 108 valence electrons. The highest BCUT2D eigenvalue weighted by Gasteiger charge is 2.20. The predicted molar refractivity (Wildman–Crippen MR) is 80.9 cm³/mol. The largest absolute Gasteiger partial charge is 0.454 e. The first kappa shape index (κ1) is 12.7. The van der Waals surface area contributed by atoms with Gasteiger partial charge in [0.05, 0.1) is 15.9 Å². The van der Waals surface area contributed by atoms with Crippen molar-refractivity contribution in [3.63, 3.8) is 0 Å². The average molecular weight is 302 g/mol. The molecule has 5 nitrogen and oxygen atoms in total. The molecule has 0 fully saturated rings. The molecule has 0 amide bonds. The molecule has 0 radical (unpaired) electrons. The summed E-state index contributed by atoms with van der Waals surface area (Å²) in [5, 5.41) is 11.2. The maximum Gasteiger partial charge on any atom is 0.231 e. The second-order valence-corrected chi connectivity index (χ2v) is 5.78. The highest BCUT2D eigenvalue weighted by atomic mass is 32.1. The minimum atomic E-state index is 0.161. The van der Waals surface area contributed by atoms with Crippen LogP contribution in [0.5, 0.6) is 11.5 Å². The Balaban J connectivity index is 1.92. The molecule has 1 N–H and O–H groups in total. The van der Waals surface area contributed by atoms with Gasteiger partial charge in [-0.1, -0.05) is 6.07 Å². The fourth-order valence-electron chi connectivity index (χ4n) is 2.56. The van der Waals surface area contributed by atoms with Crippen LogP contribution in [0, 0.1) is 0 Å². The standard InChI is InChI=1S/C15H14N2O3S/c18-5-2-4-17-11-8-13-12(19-9-20-13)7-10(11)16-15(17)14-3-1-6-21-14/h1,3,6-8,18H,2,4-5,9H2. The quantitative estimate of drug-likeness (QED) is 0.805. The average Bonchev–Trinajstić information content (AvgIpc) is 3.21. The molecule has 3 heterocycles. The van der Waals surface area contributed by atoms with E-state index in [1.54, 1.807) is 11.3 Å². The smallest absolute Gasteiger partial charge is 0.231 e. The van der Waals surface area contributed by atoms with Crippen LogP contribution in [-0.4, -0.2) is 28.1 Å². The van der Waals surface area contributed by atoms with E-state index in [1.807, 2.05) is 23.6 Å². The molecular weight excluding hydrogens is 288 g/mol. The lowest BCUT2D eigenvalue weighted by Gasteiger charge is -2.07. The van der Waals surface area contributed by atoms with Gasteiger partial charge in [0.2, 0.25) is 6.79 Å². The molecule has 0 aliphatic carbocycles. The topological polar surface area (TPSA) is 56.5 Å². The van der Waals surface area contributed by atoms with E-state index in [1.165, 1.54) is 0 Å². The summed E-state index contributed by atoms with van der Waals surface area (Å²) < 4.78 is 13.0. The van der Waals surface area contributed by atoms with Crippen LogP contribution in [0.1, 0.15) is 6.42 Å². The molecule has 3 aromatic rings. The third-order valence-corrected chi connectivity index (χ3v) is 4.39. The lowest BCUT2D eigenvalue weighted by atomic mass is 10.2. The summed E-state index contributed by atoms with van der Waals surface area (Å²) in [5.41, 5.74) is 1.90. The van der Waals surface area contributed by atoms with Crippen molar-refractivity contribution in [1.29, 1.82) is 0 Å². The molecule has 0 saturated heterocycles. The molecule has 0 spiro atoms. The first-order valence-electron chi connectivity index (χ1n) is 6.81. The van der Waals surface area contributed by atoms with Gasteiger partial charge >= 0.3 is 0 Å². The van der Waals surface area contributed by atoms with Gasteiger partial charge in [-0.15, -0.1) is 11.3 Å². The number of nitrogens with zero attached hydrogens (tertiary/aromatic N) is 2. The number of aromatic nitrogens is 2. The molecule has 0 saturated carbocycles. The van der Waals surface area contributed by atoms with Gasteiger partial charge in [0, 0.05) is 25.3 Å². The number of rotatable bonds is 4. The Morgan fingerprint density at radius 3 is 2.90 bits per heavy atom. The minimum absolute atomic E-state index is 0.161. The van der Waals surface area contributed by atoms with Crippen LogP contribution in [-0.2, 0) is 6.54 Å². The molecule has 2 aromatic heterocycles. The molecule has 0 unspecified atom stereocenters. The Morgan fingerprint density at radius 1 is 1.29 bits per heavy atom. The van der Waals surface area contributed by atoms with E-state index in [9.17, 15) is 0 Å². The summed E-state index contributed by atoms with van der Waals surface area (Å²) >= 11 is 1.66. The van der Waals surface area contributed by atoms with Crippen LogP contribution in [0.15, 0.2) is 29.6 Å². The maximum atomic E-state index is 9.14. The van der Waals surface area contributed by atoms with E-state index < -0.39 is 0 Å². The van der Waals surface area contributed by atoms with Crippen LogP contribution in [0.2, 0.25) is 0 Å². The third kappa shape index (κ3) is 2.07. The monoisotopic (exact) mass is 302 g/mol. The number of aliphatic hydroxyl groups is 1. The van der Waals surface area contributed by atoms with Gasteiger partial charge in [-0.3, -0.25) is 0 Å². The zero-order chi connectivity index (χ0) is 14.2. The Bertz CT molecular complexity index is 780. The van der Waals surface area contributed by atoms with Gasteiger partial charge in [-0.05, 0) is 17.9 Å². The van der Waals surface area contributed by atoms with E-state index in [0.29, 0.717) is 6.42 Å². The van der Waals surface area contributed by atoms with Crippen molar-refractivity contribution >= 4 is 22.4 Å². The van der Waals surface area contributed by atoms with Crippen molar-refractivity contribution in [2.45, 2.75) is 13.0 Å². The SMILES string of the molecule is OCCCn1c(-c2cccs2)nc2cc3c(cc21)OCO3. The van der Waals surface area contributed by atoms with Gasteiger partial charge in [0.25, 0.3) is 0 Å². The van der Waals surface area contributed by atoms with Crippen LogP contribution in [0.4, 0.5) is 0 Å². The van der Waals surface area contributed by atoms with E-state index in [-0.39, 0.29) is 13.4 Å². The van der Waals surface area contributed by atoms with E-state index in [0.717, 1.165) is 39.8 Å². The van der Waals surface area contributed by atoms with E-state index in [2.05, 4.69) is 10.6 Å². The lowest BCUT2D eigenvalue weighted by molar-refractivity contribution is 0.174. The van der Waals surface area contributed by atoms with Crippen molar-refractivity contribution in [3.05, 3.63) is 29.6 Å². The molecule has 1 aliphatic rings. The first-order valence-corrected chi connectivity index (χ1v) is 7.69. The van der Waals surface area contributed by atoms with Crippen molar-refractivity contribution in [2.24, 2.45) is 0 Å². The fraction of sp³-hybridized carbons (Fsp3) is 0.267. The van der Waals surface area contributed by atoms with Gasteiger partial charge in [0.15, 0.2) is 17.3 Å². The normalized spacial score (nSPS) is 13.2. The number of aliphatic hydroxyl groups excluding tert-OH is 1. The summed E-state index contributed by atoms with van der Waals surface area (Å²) in [6, 6.07) is 7.97. The van der Waals surface area contributed by atoms with Gasteiger partial charge < -0.3 is 19.1 Å². The number of hydrogen-bond acceptors (Lipinski definition) is 5. The van der Waals surface area contributed by atoms with Crippen molar-refractivity contribution < 1.29 is 14.6 Å². The molecule has 6 heteroatoms. The Labute approximate surface area is 125 Å². The van der Waals surface area contributed by atoms with Crippen molar-refractivity contribution in [2.75, 3.05) is 13.4 Å². The zero-order valence-corrected chi connectivity index (χ0v) is 12.1. The van der Waals surface area contributed by atoms with Crippen LogP contribution in [0.3, 0.4) is 0 Å². The van der Waals surface area contributed by atoms with Gasteiger partial charge in [-0.25, -0.2) is 4.98 Å². The Hall–Kier alpha value is -2.05. The Kier molecular flexibility index (Phi) is 3.05. The van der Waals surface area contributed by atoms with Gasteiger partial charge in [-0.2, -0.15) is 0 Å². The van der Waals surface area contributed by atoms with Crippen LogP contribution in [0.25, 0.3) is 21.7 Å². The number of fused-ring (bicyclic) bond motifs is 2. The second-order valence-electron chi connectivity index (χ2n) is 4.84. The van der Waals surface area contributed by atoms with E-state index >= 15 is 0 Å². The number of ether oxygens (including phenoxy) is 2. The zero-order valence-electron chi connectivity index (χ0n) is 11.3. The highest BCUT2D eigenvalue weighted by molar-refractivity contribution is 7.13. The minimum Gasteiger partial charge on any atom is -0.454 e. The summed E-state index contributed by atoms with van der Waals surface area (Å²) in [6.45, 7) is 1.14.